The maximum absolute atomic E-state index is 13.3. The standard InChI is InChI=1S/C39H64N8O10/c1-3-24(4-2)28-21-32(47-31(44-28)12-13-41-47)42-25-8-9-26(20-25)43-35(50)22-56-19-18-55-17-16-54-15-14-40-34(49)23-57-30-7-5-6-27-36(30)39(53)46(38(27)52)29-10-11-33(48)45-37(29)51/h24-32,36,41-42,44H,3-23H2,1-2H3,(H,40,49)(H,43,50)(H,45,48,51)/t25-,26-,27?,28?,29?,30?,31?,32?,36?/m0/s1. The number of carbonyl (C=O) groups excluding carboxylic acids is 6. The molecule has 320 valence electrons. The summed E-state index contributed by atoms with van der Waals surface area (Å²) in [6.07, 6.45) is 9.31. The fourth-order valence-electron chi connectivity index (χ4n) is 9.62. The lowest BCUT2D eigenvalue weighted by Gasteiger charge is -2.45. The summed E-state index contributed by atoms with van der Waals surface area (Å²) in [5, 5.41) is 18.2. The zero-order chi connectivity index (χ0) is 40.3. The Balaban J connectivity index is 0.760. The molecule has 6 amide bonds. The van der Waals surface area contributed by atoms with Crippen LogP contribution in [0.2, 0.25) is 0 Å². The molecule has 0 aromatic rings. The molecule has 18 nitrogen and oxygen atoms in total. The van der Waals surface area contributed by atoms with Crippen molar-refractivity contribution >= 4 is 35.4 Å². The van der Waals surface area contributed by atoms with Crippen molar-refractivity contribution in [2.75, 3.05) is 59.3 Å². The number of hydrogen-bond acceptors (Lipinski definition) is 14. The summed E-state index contributed by atoms with van der Waals surface area (Å²) in [5.74, 6) is -3.11. The highest BCUT2D eigenvalue weighted by Gasteiger charge is 2.56. The zero-order valence-electron chi connectivity index (χ0n) is 33.6. The minimum absolute atomic E-state index is 0.0140. The van der Waals surface area contributed by atoms with E-state index in [0.717, 1.165) is 43.5 Å². The topological polar surface area (TPSA) is 218 Å². The van der Waals surface area contributed by atoms with Gasteiger partial charge in [0.2, 0.25) is 35.4 Å². The van der Waals surface area contributed by atoms with Crippen LogP contribution in [-0.2, 0) is 47.7 Å². The molecule has 6 aliphatic rings. The van der Waals surface area contributed by atoms with Gasteiger partial charge in [-0.3, -0.25) is 55.0 Å². The Hall–Kier alpha value is -3.10. The summed E-state index contributed by atoms with van der Waals surface area (Å²) in [6.45, 7) is 7.05. The number of amides is 6. The molecular formula is C39H64N8O10. The lowest BCUT2D eigenvalue weighted by Crippen LogP contribution is -2.66. The predicted molar refractivity (Wildman–Crippen MR) is 204 cm³/mol. The van der Waals surface area contributed by atoms with E-state index in [1.54, 1.807) is 0 Å². The summed E-state index contributed by atoms with van der Waals surface area (Å²) < 4.78 is 22.4. The molecule has 0 aromatic carbocycles. The molecule has 4 heterocycles. The number of hydrazine groups is 1. The van der Waals surface area contributed by atoms with Gasteiger partial charge in [-0.2, -0.15) is 0 Å². The summed E-state index contributed by atoms with van der Waals surface area (Å²) in [4.78, 5) is 76.4. The lowest BCUT2D eigenvalue weighted by molar-refractivity contribution is -0.152. The molecule has 57 heavy (non-hydrogen) atoms. The third-order valence-corrected chi connectivity index (χ3v) is 12.5. The van der Waals surface area contributed by atoms with Crippen LogP contribution in [0.1, 0.15) is 90.9 Å². The SMILES string of the molecule is CCC(CC)C1CC(N[C@H]2CC[C@H](NC(=O)COCCOCCOCCNC(=O)COC3CCCC4C(=O)N(C5CCC(=O)NC5=O)C(=O)C34)C2)N2NCCC2N1. The third kappa shape index (κ3) is 11.3. The number of piperidine rings is 1. The van der Waals surface area contributed by atoms with Gasteiger partial charge in [-0.15, -0.1) is 0 Å². The molecule has 2 aliphatic carbocycles. The second-order valence-electron chi connectivity index (χ2n) is 16.2. The Morgan fingerprint density at radius 1 is 0.825 bits per heavy atom. The maximum Gasteiger partial charge on any atom is 0.249 e. The molecule has 7 unspecified atom stereocenters. The third-order valence-electron chi connectivity index (χ3n) is 12.5. The number of fused-ring (bicyclic) bond motifs is 2. The van der Waals surface area contributed by atoms with Gasteiger partial charge in [0.05, 0.1) is 63.3 Å². The van der Waals surface area contributed by atoms with E-state index in [2.05, 4.69) is 50.9 Å². The first-order chi connectivity index (χ1) is 27.7. The number of ether oxygens (including phenoxy) is 4. The van der Waals surface area contributed by atoms with E-state index in [1.165, 1.54) is 12.8 Å². The Bertz CT molecular complexity index is 1420. The molecule has 2 saturated carbocycles. The summed E-state index contributed by atoms with van der Waals surface area (Å²) in [5.41, 5.74) is 3.57. The molecule has 6 fully saturated rings. The minimum Gasteiger partial charge on any atom is -0.377 e. The number of carbonyl (C=O) groups is 6. The lowest BCUT2D eigenvalue weighted by atomic mass is 9.79. The molecule has 0 radical (unpaired) electrons. The molecule has 4 saturated heterocycles. The average molecular weight is 805 g/mol. The first kappa shape index (κ1) is 43.5. The highest BCUT2D eigenvalue weighted by atomic mass is 16.5. The average Bonchev–Trinajstić information content (AvgIpc) is 3.92. The van der Waals surface area contributed by atoms with Crippen molar-refractivity contribution in [2.24, 2.45) is 17.8 Å². The van der Waals surface area contributed by atoms with Crippen LogP contribution >= 0.6 is 0 Å². The molecule has 18 heteroatoms. The van der Waals surface area contributed by atoms with Crippen LogP contribution in [-0.4, -0.2) is 147 Å². The van der Waals surface area contributed by atoms with Crippen LogP contribution in [0.15, 0.2) is 0 Å². The Morgan fingerprint density at radius 3 is 2.35 bits per heavy atom. The van der Waals surface area contributed by atoms with Gasteiger partial charge in [0, 0.05) is 37.6 Å². The largest absolute Gasteiger partial charge is 0.377 e. The van der Waals surface area contributed by atoms with Crippen molar-refractivity contribution < 1.29 is 47.7 Å². The summed E-state index contributed by atoms with van der Waals surface area (Å²) >= 11 is 0. The number of hydrogen-bond donors (Lipinski definition) is 6. The van der Waals surface area contributed by atoms with Crippen molar-refractivity contribution in [1.29, 1.82) is 0 Å². The molecular weight excluding hydrogens is 740 g/mol. The molecule has 0 aromatic heterocycles. The van der Waals surface area contributed by atoms with Crippen LogP contribution in [0.3, 0.4) is 0 Å². The molecule has 0 spiro atoms. The van der Waals surface area contributed by atoms with Gasteiger partial charge in [0.15, 0.2) is 0 Å². The monoisotopic (exact) mass is 804 g/mol. The highest BCUT2D eigenvalue weighted by Crippen LogP contribution is 2.41. The van der Waals surface area contributed by atoms with Gasteiger partial charge in [-0.25, -0.2) is 5.01 Å². The maximum atomic E-state index is 13.3. The van der Waals surface area contributed by atoms with E-state index in [-0.39, 0.29) is 69.8 Å². The molecule has 6 N–H and O–H groups in total. The van der Waals surface area contributed by atoms with Crippen molar-refractivity contribution in [3.8, 4) is 0 Å². The predicted octanol–water partition coefficient (Wildman–Crippen LogP) is -0.585. The molecule has 4 aliphatic heterocycles. The van der Waals surface area contributed by atoms with E-state index < -0.39 is 47.6 Å². The summed E-state index contributed by atoms with van der Waals surface area (Å²) in [6, 6.07) is 0.0167. The van der Waals surface area contributed by atoms with E-state index in [1.807, 2.05) is 0 Å². The number of nitrogens with zero attached hydrogens (tertiary/aromatic N) is 2. The van der Waals surface area contributed by atoms with Crippen LogP contribution < -0.4 is 32.0 Å². The quantitative estimate of drug-likeness (QED) is 0.0632. The van der Waals surface area contributed by atoms with E-state index in [9.17, 15) is 28.8 Å². The van der Waals surface area contributed by atoms with Gasteiger partial charge in [0.25, 0.3) is 0 Å². The smallest absolute Gasteiger partial charge is 0.249 e. The van der Waals surface area contributed by atoms with Crippen LogP contribution in [0.4, 0.5) is 0 Å². The van der Waals surface area contributed by atoms with Crippen molar-refractivity contribution in [2.45, 2.75) is 134 Å². The first-order valence-electron chi connectivity index (χ1n) is 21.3. The Labute approximate surface area is 335 Å². The van der Waals surface area contributed by atoms with Gasteiger partial charge in [-0.05, 0) is 57.3 Å². The Morgan fingerprint density at radius 2 is 1.58 bits per heavy atom. The van der Waals surface area contributed by atoms with Crippen molar-refractivity contribution in [1.82, 2.24) is 41.9 Å². The number of imide groups is 2. The van der Waals surface area contributed by atoms with E-state index in [4.69, 9.17) is 18.9 Å². The molecule has 0 bridgehead atoms. The van der Waals surface area contributed by atoms with Gasteiger partial charge < -0.3 is 29.6 Å². The van der Waals surface area contributed by atoms with Crippen molar-refractivity contribution in [3.05, 3.63) is 0 Å². The van der Waals surface area contributed by atoms with Crippen molar-refractivity contribution in [3.63, 3.8) is 0 Å². The first-order valence-corrected chi connectivity index (χ1v) is 21.3. The zero-order valence-corrected chi connectivity index (χ0v) is 33.6. The number of nitrogens with one attached hydrogen (secondary N) is 6. The van der Waals surface area contributed by atoms with Crippen LogP contribution in [0.25, 0.3) is 0 Å². The van der Waals surface area contributed by atoms with Gasteiger partial charge in [0.1, 0.15) is 19.3 Å². The fourth-order valence-corrected chi connectivity index (χ4v) is 9.62. The Kier molecular flexibility index (Phi) is 16.2. The second-order valence-corrected chi connectivity index (χ2v) is 16.2. The minimum atomic E-state index is -0.998. The van der Waals surface area contributed by atoms with Gasteiger partial charge in [-0.1, -0.05) is 33.1 Å². The van der Waals surface area contributed by atoms with E-state index in [0.29, 0.717) is 63.3 Å². The normalized spacial score (nSPS) is 31.8. The van der Waals surface area contributed by atoms with Gasteiger partial charge >= 0.3 is 0 Å². The number of rotatable bonds is 21. The van der Waals surface area contributed by atoms with Crippen LogP contribution in [0, 0.1) is 17.8 Å². The summed E-state index contributed by atoms with van der Waals surface area (Å²) in [7, 11) is 0. The van der Waals surface area contributed by atoms with Crippen LogP contribution in [0.5, 0.6) is 0 Å². The molecule has 6 rings (SSSR count). The second kappa shape index (κ2) is 21.2. The fraction of sp³-hybridized carbons (Fsp3) is 0.846. The highest BCUT2D eigenvalue weighted by molar-refractivity contribution is 6.11. The van der Waals surface area contributed by atoms with E-state index >= 15 is 0 Å². The number of likely N-dealkylation sites (tertiary alicyclic amines) is 1. The molecule has 9 atom stereocenters.